The van der Waals surface area contributed by atoms with Gasteiger partial charge in [-0.25, -0.2) is 4.79 Å². The van der Waals surface area contributed by atoms with Crippen LogP contribution in [0.1, 0.15) is 12.5 Å². The van der Waals surface area contributed by atoms with Gasteiger partial charge in [0.15, 0.2) is 0 Å². The number of amides is 1. The van der Waals surface area contributed by atoms with Crippen molar-refractivity contribution in [1.29, 1.82) is 0 Å². The molecule has 2 heterocycles. The molecule has 1 atom stereocenters. The fourth-order valence-corrected chi connectivity index (χ4v) is 3.34. The Morgan fingerprint density at radius 1 is 1.21 bits per heavy atom. The monoisotopic (exact) mass is 322 g/mol. The summed E-state index contributed by atoms with van der Waals surface area (Å²) in [4.78, 5) is 31.2. The van der Waals surface area contributed by atoms with E-state index in [1.165, 1.54) is 5.56 Å². The van der Waals surface area contributed by atoms with Crippen LogP contribution in [0.4, 0.5) is 11.4 Å². The van der Waals surface area contributed by atoms with Gasteiger partial charge in [-0.1, -0.05) is 18.2 Å². The molecule has 2 aromatic carbocycles. The highest BCUT2D eigenvalue weighted by atomic mass is 16.2. The Labute approximate surface area is 138 Å². The third-order valence-electron chi connectivity index (χ3n) is 4.46. The van der Waals surface area contributed by atoms with Crippen molar-refractivity contribution in [3.05, 3.63) is 58.5 Å². The van der Waals surface area contributed by atoms with Crippen LogP contribution in [0.5, 0.6) is 0 Å². The summed E-state index contributed by atoms with van der Waals surface area (Å²) in [6.07, 6.45) is 0.958. The van der Waals surface area contributed by atoms with Crippen LogP contribution in [0.2, 0.25) is 0 Å². The molecule has 0 spiro atoms. The summed E-state index contributed by atoms with van der Waals surface area (Å²) in [5.41, 5.74) is 4.23. The van der Waals surface area contributed by atoms with Gasteiger partial charge in [0.25, 0.3) is 0 Å². The van der Waals surface area contributed by atoms with Crippen LogP contribution >= 0.6 is 0 Å². The summed E-state index contributed by atoms with van der Waals surface area (Å²) in [5, 5.41) is 2.91. The maximum absolute atomic E-state index is 12.4. The number of para-hydroxylation sites is 1. The van der Waals surface area contributed by atoms with E-state index in [4.69, 9.17) is 0 Å². The average Bonchev–Trinajstić information content (AvgIpc) is 3.06. The van der Waals surface area contributed by atoms with Crippen LogP contribution in [-0.2, 0) is 11.2 Å². The zero-order valence-electron chi connectivity index (χ0n) is 13.3. The van der Waals surface area contributed by atoms with Gasteiger partial charge < -0.3 is 20.2 Å². The molecule has 0 radical (unpaired) electrons. The first-order valence-electron chi connectivity index (χ1n) is 7.96. The summed E-state index contributed by atoms with van der Waals surface area (Å²) in [6.45, 7) is 2.43. The minimum atomic E-state index is -0.254. The van der Waals surface area contributed by atoms with Gasteiger partial charge in [-0.2, -0.15) is 0 Å². The van der Waals surface area contributed by atoms with Crippen molar-refractivity contribution in [2.75, 3.05) is 16.8 Å². The second-order valence-electron chi connectivity index (χ2n) is 6.20. The van der Waals surface area contributed by atoms with Gasteiger partial charge in [-0.05, 0) is 43.2 Å². The molecule has 0 aliphatic carbocycles. The summed E-state index contributed by atoms with van der Waals surface area (Å²) in [6, 6.07) is 13.8. The Morgan fingerprint density at radius 2 is 2.00 bits per heavy atom. The Morgan fingerprint density at radius 3 is 2.88 bits per heavy atom. The molecule has 6 heteroatoms. The molecule has 3 aromatic rings. The van der Waals surface area contributed by atoms with Gasteiger partial charge in [-0.3, -0.25) is 4.79 Å². The summed E-state index contributed by atoms with van der Waals surface area (Å²) < 4.78 is 0. The van der Waals surface area contributed by atoms with Crippen molar-refractivity contribution < 1.29 is 4.79 Å². The highest BCUT2D eigenvalue weighted by Gasteiger charge is 2.26. The normalized spacial score (nSPS) is 16.4. The summed E-state index contributed by atoms with van der Waals surface area (Å²) in [5.74, 6) is -0.0733. The number of benzene rings is 2. The van der Waals surface area contributed by atoms with Crippen molar-refractivity contribution in [2.24, 2.45) is 0 Å². The Balaban J connectivity index is 1.51. The molecule has 4 rings (SSSR count). The number of nitrogens with zero attached hydrogens (tertiary/aromatic N) is 1. The van der Waals surface area contributed by atoms with E-state index in [-0.39, 0.29) is 11.6 Å². The molecule has 1 aliphatic rings. The first kappa shape index (κ1) is 14.6. The van der Waals surface area contributed by atoms with Crippen LogP contribution in [0.3, 0.4) is 0 Å². The number of anilines is 2. The molecule has 1 unspecified atom stereocenters. The highest BCUT2D eigenvalue weighted by Crippen LogP contribution is 2.31. The number of carbonyl (C=O) groups is 1. The van der Waals surface area contributed by atoms with Crippen LogP contribution in [-0.4, -0.2) is 28.5 Å². The Bertz CT molecular complexity index is 972. The van der Waals surface area contributed by atoms with Gasteiger partial charge in [0.05, 0.1) is 17.6 Å². The van der Waals surface area contributed by atoms with Crippen molar-refractivity contribution in [3.8, 4) is 0 Å². The number of aromatic nitrogens is 2. The van der Waals surface area contributed by atoms with Crippen molar-refractivity contribution in [1.82, 2.24) is 9.97 Å². The van der Waals surface area contributed by atoms with Crippen LogP contribution in [0, 0.1) is 0 Å². The standard InChI is InChI=1S/C18H18N4O2/c1-11-8-12-4-2-3-5-16(12)22(11)10-17(23)19-13-6-7-14-15(9-13)21-18(24)20-14/h2-7,9,11H,8,10H2,1H3,(H,19,23)(H2,20,21,24). The van der Waals surface area contributed by atoms with Gasteiger partial charge >= 0.3 is 5.69 Å². The SMILES string of the molecule is CC1Cc2ccccc2N1CC(=O)Nc1ccc2[nH]c(=O)[nH]c2c1. The molecule has 1 amide bonds. The number of fused-ring (bicyclic) bond motifs is 2. The molecule has 0 bridgehead atoms. The van der Waals surface area contributed by atoms with Crippen LogP contribution < -0.4 is 15.9 Å². The highest BCUT2D eigenvalue weighted by molar-refractivity contribution is 5.96. The molecular formula is C18H18N4O2. The Kier molecular flexibility index (Phi) is 3.37. The minimum Gasteiger partial charge on any atom is -0.359 e. The van der Waals surface area contributed by atoms with Gasteiger partial charge in [0.2, 0.25) is 5.91 Å². The van der Waals surface area contributed by atoms with E-state index >= 15 is 0 Å². The zero-order valence-corrected chi connectivity index (χ0v) is 13.3. The van der Waals surface area contributed by atoms with Gasteiger partial charge in [0, 0.05) is 17.4 Å². The molecular weight excluding hydrogens is 304 g/mol. The second kappa shape index (κ2) is 5.56. The van der Waals surface area contributed by atoms with E-state index in [0.29, 0.717) is 23.8 Å². The van der Waals surface area contributed by atoms with Crippen molar-refractivity contribution in [2.45, 2.75) is 19.4 Å². The van der Waals surface area contributed by atoms with E-state index in [0.717, 1.165) is 17.6 Å². The zero-order chi connectivity index (χ0) is 16.7. The van der Waals surface area contributed by atoms with Crippen molar-refractivity contribution >= 4 is 28.3 Å². The number of aromatic amines is 2. The number of hydrogen-bond acceptors (Lipinski definition) is 3. The van der Waals surface area contributed by atoms with E-state index in [2.05, 4.69) is 39.2 Å². The molecule has 122 valence electrons. The number of nitrogens with one attached hydrogen (secondary N) is 3. The van der Waals surface area contributed by atoms with Gasteiger partial charge in [-0.15, -0.1) is 0 Å². The molecule has 3 N–H and O–H groups in total. The average molecular weight is 322 g/mol. The lowest BCUT2D eigenvalue weighted by Crippen LogP contribution is -2.37. The maximum atomic E-state index is 12.4. The predicted molar refractivity (Wildman–Crippen MR) is 94.5 cm³/mol. The van der Waals surface area contributed by atoms with E-state index < -0.39 is 0 Å². The predicted octanol–water partition coefficient (Wildman–Crippen LogP) is 2.25. The lowest BCUT2D eigenvalue weighted by Gasteiger charge is -2.24. The maximum Gasteiger partial charge on any atom is 0.323 e. The first-order chi connectivity index (χ1) is 11.6. The van der Waals surface area contributed by atoms with Gasteiger partial charge in [0.1, 0.15) is 0 Å². The third kappa shape index (κ3) is 2.56. The smallest absolute Gasteiger partial charge is 0.323 e. The Hall–Kier alpha value is -3.02. The van der Waals surface area contributed by atoms with E-state index in [1.54, 1.807) is 18.2 Å². The lowest BCUT2D eigenvalue weighted by molar-refractivity contribution is -0.115. The first-order valence-corrected chi connectivity index (χ1v) is 7.96. The number of imidazole rings is 1. The fourth-order valence-electron chi connectivity index (χ4n) is 3.34. The third-order valence-corrected chi connectivity index (χ3v) is 4.46. The van der Waals surface area contributed by atoms with Crippen LogP contribution in [0.15, 0.2) is 47.3 Å². The molecule has 24 heavy (non-hydrogen) atoms. The van der Waals surface area contributed by atoms with Crippen molar-refractivity contribution in [3.63, 3.8) is 0 Å². The number of carbonyl (C=O) groups excluding carboxylic acids is 1. The summed E-state index contributed by atoms with van der Waals surface area (Å²) in [7, 11) is 0. The topological polar surface area (TPSA) is 81.0 Å². The van der Waals surface area contributed by atoms with Crippen LogP contribution in [0.25, 0.3) is 11.0 Å². The molecule has 0 fully saturated rings. The molecule has 0 saturated heterocycles. The van der Waals surface area contributed by atoms with E-state index in [9.17, 15) is 9.59 Å². The number of H-pyrrole nitrogens is 2. The molecule has 6 nitrogen and oxygen atoms in total. The molecule has 1 aliphatic heterocycles. The largest absolute Gasteiger partial charge is 0.359 e. The second-order valence-corrected chi connectivity index (χ2v) is 6.20. The molecule has 1 aromatic heterocycles. The minimum absolute atomic E-state index is 0.0733. The quantitative estimate of drug-likeness (QED) is 0.692. The fraction of sp³-hybridized carbons (Fsp3) is 0.222. The summed E-state index contributed by atoms with van der Waals surface area (Å²) >= 11 is 0. The lowest BCUT2D eigenvalue weighted by atomic mass is 10.1. The number of hydrogen-bond donors (Lipinski definition) is 3. The number of rotatable bonds is 3. The molecule has 0 saturated carbocycles. The van der Waals surface area contributed by atoms with E-state index in [1.807, 2.05) is 12.1 Å².